The lowest BCUT2D eigenvalue weighted by Gasteiger charge is -2.32. The Kier molecular flexibility index (Phi) is 9.42. The van der Waals surface area contributed by atoms with Gasteiger partial charge in [-0.2, -0.15) is 0 Å². The molecule has 5 rings (SSSR count). The molecular weight excluding hydrogens is 556 g/mol. The molecule has 1 fully saturated rings. The molecule has 0 radical (unpaired) electrons. The maximum atomic E-state index is 13.4. The first-order chi connectivity index (χ1) is 20.5. The first kappa shape index (κ1) is 29.2. The summed E-state index contributed by atoms with van der Waals surface area (Å²) in [7, 11) is 1.64. The summed E-state index contributed by atoms with van der Waals surface area (Å²) < 4.78 is 5.09. The second-order valence-electron chi connectivity index (χ2n) is 9.94. The lowest BCUT2D eigenvalue weighted by molar-refractivity contribution is -0.111. The molecule has 4 aromatic rings. The van der Waals surface area contributed by atoms with E-state index in [4.69, 9.17) is 21.3 Å². The van der Waals surface area contributed by atoms with Gasteiger partial charge in [-0.25, -0.2) is 15.0 Å². The van der Waals surface area contributed by atoms with Gasteiger partial charge in [-0.15, -0.1) is 0 Å². The fourth-order valence-electron chi connectivity index (χ4n) is 4.95. The number of anilines is 2. The monoisotopic (exact) mass is 588 g/mol. The van der Waals surface area contributed by atoms with Crippen molar-refractivity contribution >= 4 is 46.1 Å². The molecule has 42 heavy (non-hydrogen) atoms. The van der Waals surface area contributed by atoms with Crippen molar-refractivity contribution < 1.29 is 14.3 Å². The van der Waals surface area contributed by atoms with Crippen molar-refractivity contribution in [1.82, 2.24) is 30.2 Å². The van der Waals surface area contributed by atoms with Crippen LogP contribution in [-0.2, 0) is 16.1 Å². The number of nitrogens with one attached hydrogen (secondary N) is 4. The van der Waals surface area contributed by atoms with Crippen LogP contribution in [0, 0.1) is 0 Å². The number of H-pyrrole nitrogens is 1. The lowest BCUT2D eigenvalue weighted by atomic mass is 10.0. The number of benzene rings is 1. The van der Waals surface area contributed by atoms with Gasteiger partial charge in [0.25, 0.3) is 5.91 Å². The Morgan fingerprint density at radius 1 is 1.24 bits per heavy atom. The minimum atomic E-state index is -0.308. The highest BCUT2D eigenvalue weighted by Gasteiger charge is 2.25. The average molecular weight is 589 g/mol. The van der Waals surface area contributed by atoms with Gasteiger partial charge in [0, 0.05) is 73.9 Å². The van der Waals surface area contributed by atoms with Crippen molar-refractivity contribution in [1.29, 1.82) is 0 Å². The van der Waals surface area contributed by atoms with Gasteiger partial charge in [0.15, 0.2) is 0 Å². The topological polar surface area (TPSA) is 137 Å². The third kappa shape index (κ3) is 6.76. The summed E-state index contributed by atoms with van der Waals surface area (Å²) >= 11 is 6.47. The smallest absolute Gasteiger partial charge is 0.253 e. The quantitative estimate of drug-likeness (QED) is 0.151. The van der Waals surface area contributed by atoms with E-state index >= 15 is 0 Å². The highest BCUT2D eigenvalue weighted by molar-refractivity contribution is 6.33. The van der Waals surface area contributed by atoms with Gasteiger partial charge in [0.1, 0.15) is 5.65 Å². The van der Waals surface area contributed by atoms with Crippen LogP contribution in [-0.4, -0.2) is 76.0 Å². The van der Waals surface area contributed by atoms with Crippen molar-refractivity contribution in [3.8, 4) is 11.3 Å². The van der Waals surface area contributed by atoms with Crippen molar-refractivity contribution in [2.45, 2.75) is 25.4 Å². The van der Waals surface area contributed by atoms with Gasteiger partial charge in [-0.1, -0.05) is 18.2 Å². The van der Waals surface area contributed by atoms with Crippen molar-refractivity contribution in [3.05, 3.63) is 77.7 Å². The van der Waals surface area contributed by atoms with Crippen LogP contribution in [0.1, 0.15) is 28.8 Å². The molecule has 1 aromatic carbocycles. The number of nitrogens with zero attached hydrogens (tertiary/aromatic N) is 4. The predicted molar refractivity (Wildman–Crippen MR) is 164 cm³/mol. The number of carbonyl (C=O) groups excluding carboxylic acids is 2. The fourth-order valence-corrected chi connectivity index (χ4v) is 5.14. The van der Waals surface area contributed by atoms with E-state index in [1.165, 1.54) is 6.08 Å². The number of aromatic nitrogens is 4. The van der Waals surface area contributed by atoms with Gasteiger partial charge in [0.05, 0.1) is 23.5 Å². The molecule has 0 aliphatic carbocycles. The minimum Gasteiger partial charge on any atom is -0.383 e. The summed E-state index contributed by atoms with van der Waals surface area (Å²) in [5, 5.41) is 10.9. The lowest BCUT2D eigenvalue weighted by Crippen LogP contribution is -2.42. The van der Waals surface area contributed by atoms with Gasteiger partial charge in [-0.3, -0.25) is 9.59 Å². The van der Waals surface area contributed by atoms with Crippen molar-refractivity contribution in [3.63, 3.8) is 0 Å². The maximum absolute atomic E-state index is 13.4. The molecule has 3 aromatic heterocycles. The molecule has 218 valence electrons. The Morgan fingerprint density at radius 2 is 2.07 bits per heavy atom. The number of pyridine rings is 1. The number of rotatable bonds is 11. The zero-order chi connectivity index (χ0) is 29.5. The molecule has 0 saturated carbocycles. The van der Waals surface area contributed by atoms with Crippen LogP contribution in [0.4, 0.5) is 11.6 Å². The minimum absolute atomic E-state index is 0.0498. The molecule has 0 bridgehead atoms. The highest BCUT2D eigenvalue weighted by Crippen LogP contribution is 2.32. The van der Waals surface area contributed by atoms with Gasteiger partial charge in [-0.05, 0) is 54.8 Å². The number of hydrogen-bond donors (Lipinski definition) is 4. The highest BCUT2D eigenvalue weighted by atomic mass is 35.5. The van der Waals surface area contributed by atoms with E-state index in [0.717, 1.165) is 35.0 Å². The zero-order valence-corrected chi connectivity index (χ0v) is 24.1. The van der Waals surface area contributed by atoms with E-state index < -0.39 is 0 Å². The number of aromatic amines is 1. The molecular formula is C30H33ClN8O3. The largest absolute Gasteiger partial charge is 0.383 e. The fraction of sp³-hybridized carbons (Fsp3) is 0.300. The number of amides is 2. The van der Waals surface area contributed by atoms with Crippen LogP contribution in [0.15, 0.2) is 61.6 Å². The normalized spacial score (nSPS) is 13.7. The number of ether oxygens (including phenoxy) is 1. The van der Waals surface area contributed by atoms with Crippen LogP contribution < -0.4 is 16.0 Å². The standard InChI is InChI=1S/C30H33ClN8O3/c1-3-26(40)37-25-7-6-19(15-20(25)16-32-11-14-42-2)29(41)39-12-8-21(9-13-39)36-30-35-18-24(31)27(38-30)23-17-34-28-22(23)5-4-10-33-28/h3-7,10,15,17-18,21,32H,1,8-9,11-14,16H2,2H3,(H,33,34)(H,37,40)(H,35,36,38). The summed E-state index contributed by atoms with van der Waals surface area (Å²) in [6.45, 7) is 6.35. The van der Waals surface area contributed by atoms with Crippen LogP contribution in [0.2, 0.25) is 5.02 Å². The number of carbonyl (C=O) groups is 2. The summed E-state index contributed by atoms with van der Waals surface area (Å²) in [5.41, 5.74) is 4.26. The third-order valence-electron chi connectivity index (χ3n) is 7.16. The number of fused-ring (bicyclic) bond motifs is 1. The Labute approximate surface area is 248 Å². The summed E-state index contributed by atoms with van der Waals surface area (Å²) in [5.74, 6) is 0.128. The molecule has 4 heterocycles. The maximum Gasteiger partial charge on any atom is 0.253 e. The molecule has 2 amide bonds. The van der Waals surface area contributed by atoms with E-state index in [-0.39, 0.29) is 17.9 Å². The van der Waals surface area contributed by atoms with E-state index in [0.29, 0.717) is 60.7 Å². The Hall–Kier alpha value is -4.32. The molecule has 0 unspecified atom stereocenters. The summed E-state index contributed by atoms with van der Waals surface area (Å²) in [6, 6.07) is 9.28. The molecule has 11 nitrogen and oxygen atoms in total. The molecule has 4 N–H and O–H groups in total. The SMILES string of the molecule is C=CC(=O)Nc1ccc(C(=O)N2CCC(Nc3ncc(Cl)c(-c4c[nH]c5ncccc45)n3)CC2)cc1CNCCOC. The van der Waals surface area contributed by atoms with Crippen LogP contribution in [0.25, 0.3) is 22.3 Å². The Balaban J connectivity index is 1.23. The van der Waals surface area contributed by atoms with E-state index in [1.807, 2.05) is 29.3 Å². The first-order valence-electron chi connectivity index (χ1n) is 13.7. The predicted octanol–water partition coefficient (Wildman–Crippen LogP) is 4.25. The summed E-state index contributed by atoms with van der Waals surface area (Å²) in [6.07, 6.45) is 7.87. The zero-order valence-electron chi connectivity index (χ0n) is 23.3. The van der Waals surface area contributed by atoms with Crippen molar-refractivity contribution in [2.75, 3.05) is 44.0 Å². The van der Waals surface area contributed by atoms with Crippen LogP contribution >= 0.6 is 11.6 Å². The van der Waals surface area contributed by atoms with Crippen molar-refractivity contribution in [2.24, 2.45) is 0 Å². The second-order valence-corrected chi connectivity index (χ2v) is 10.3. The molecule has 0 spiro atoms. The van der Waals surface area contributed by atoms with E-state index in [9.17, 15) is 9.59 Å². The average Bonchev–Trinajstić information content (AvgIpc) is 3.45. The van der Waals surface area contributed by atoms with Crippen LogP contribution in [0.5, 0.6) is 0 Å². The number of methoxy groups -OCH3 is 1. The number of hydrogen-bond acceptors (Lipinski definition) is 8. The molecule has 1 aliphatic rings. The first-order valence-corrected chi connectivity index (χ1v) is 14.1. The van der Waals surface area contributed by atoms with E-state index in [1.54, 1.807) is 31.6 Å². The third-order valence-corrected chi connectivity index (χ3v) is 7.44. The Morgan fingerprint density at radius 3 is 2.86 bits per heavy atom. The number of halogens is 1. The Bertz CT molecular complexity index is 1580. The molecule has 12 heteroatoms. The number of piperidine rings is 1. The molecule has 1 aliphatic heterocycles. The summed E-state index contributed by atoms with van der Waals surface area (Å²) in [4.78, 5) is 43.8. The van der Waals surface area contributed by atoms with Crippen LogP contribution in [0.3, 0.4) is 0 Å². The van der Waals surface area contributed by atoms with Gasteiger partial charge >= 0.3 is 0 Å². The van der Waals surface area contributed by atoms with E-state index in [2.05, 4.69) is 37.5 Å². The van der Waals surface area contributed by atoms with Gasteiger partial charge in [0.2, 0.25) is 11.9 Å². The molecule has 1 saturated heterocycles. The van der Waals surface area contributed by atoms with Gasteiger partial charge < -0.3 is 30.6 Å². The molecule has 0 atom stereocenters. The number of likely N-dealkylation sites (tertiary alicyclic amines) is 1. The second kappa shape index (κ2) is 13.6.